The third-order valence-electron chi connectivity index (χ3n) is 16.6. The van der Waals surface area contributed by atoms with Crippen molar-refractivity contribution < 1.29 is 37.9 Å². The largest absolute Gasteiger partial charge is 0.463 e. The number of para-hydroxylation sites is 1. The molecule has 0 amide bonds. The van der Waals surface area contributed by atoms with Gasteiger partial charge in [0, 0.05) is 56.5 Å². The molecule has 4 aliphatic rings. The quantitative estimate of drug-likeness (QED) is 0.149. The molecule has 9 aromatic carbocycles. The number of aromatic nitrogens is 1. The summed E-state index contributed by atoms with van der Waals surface area (Å²) in [6.07, 6.45) is 3.33. The van der Waals surface area contributed by atoms with Gasteiger partial charge in [-0.25, -0.2) is 0 Å². The van der Waals surface area contributed by atoms with Gasteiger partial charge in [-0.1, -0.05) is 213 Å². The van der Waals surface area contributed by atoms with Gasteiger partial charge in [0.15, 0.2) is 5.58 Å². The molecule has 82 heavy (non-hydrogen) atoms. The SMILES string of the molecule is [2H]c1c([2H])c([2H])c(C2=CC3=C(CC2c2c([2H])c([2H])c([2H])c([2H])c2[2H])N(c2c(-c4c([2H])c([2H])c([2H])c([2H])c4[2H])ccc4c2oc2ccccc24)c2cc(-c4ccc(C(C)C)cc4)cc4c2B3C2=C(CCC(n3c5c([2H])c([2H])c(C(C)(C)C)c([2H])c5c5c([2H])c(C(C)(C)C)c([2H])c([2H])c53)=C2)O4)c([2H])c1[2H]. The predicted octanol–water partition coefficient (Wildman–Crippen LogP) is 20.2. The maximum Gasteiger partial charge on any atom is 0.255 e. The fraction of sp³-hybridized carbons (Fsp3) is 0.195. The van der Waals surface area contributed by atoms with Crippen LogP contribution in [-0.2, 0) is 10.8 Å². The molecule has 0 fully saturated rings. The summed E-state index contributed by atoms with van der Waals surface area (Å²) in [6, 6.07) is 11.4. The summed E-state index contributed by atoms with van der Waals surface area (Å²) in [4.78, 5) is 1.85. The van der Waals surface area contributed by atoms with Gasteiger partial charge >= 0.3 is 0 Å². The predicted molar refractivity (Wildman–Crippen MR) is 346 cm³/mol. The van der Waals surface area contributed by atoms with Crippen LogP contribution in [0, 0.1) is 0 Å². The number of nitrogens with zero attached hydrogens (tertiary/aromatic N) is 2. The van der Waals surface area contributed by atoms with E-state index in [1.165, 1.54) is 0 Å². The minimum Gasteiger partial charge on any atom is -0.463 e. The molecule has 2 aromatic heterocycles. The van der Waals surface area contributed by atoms with Crippen molar-refractivity contribution >= 4 is 78.6 Å². The molecule has 2 aliphatic heterocycles. The summed E-state index contributed by atoms with van der Waals surface area (Å²) in [5, 5.41) is 1.50. The molecule has 0 saturated heterocycles. The Hall–Kier alpha value is -8.80. The first-order valence-electron chi connectivity index (χ1n) is 38.4. The van der Waals surface area contributed by atoms with Crippen molar-refractivity contribution in [3.8, 4) is 28.0 Å². The van der Waals surface area contributed by atoms with E-state index in [1.807, 2.05) is 101 Å². The number of furan rings is 1. The minimum absolute atomic E-state index is 0.0242. The molecule has 0 saturated carbocycles. The summed E-state index contributed by atoms with van der Waals surface area (Å²) >= 11 is 0. The zero-order valence-electron chi connectivity index (χ0n) is 67.6. The van der Waals surface area contributed by atoms with Crippen molar-refractivity contribution in [3.63, 3.8) is 0 Å². The Bertz CT molecular complexity index is 5670. The zero-order valence-corrected chi connectivity index (χ0v) is 46.6. The van der Waals surface area contributed by atoms with Gasteiger partial charge in [-0.15, -0.1) is 0 Å². The van der Waals surface area contributed by atoms with Crippen molar-refractivity contribution in [1.82, 2.24) is 4.57 Å². The molecule has 5 heteroatoms. The lowest BCUT2D eigenvalue weighted by atomic mass is 9.32. The molecule has 1 atom stereocenters. The van der Waals surface area contributed by atoms with Crippen LogP contribution in [0.1, 0.15) is 143 Å². The standard InChI is InChI=1S/C77H67BN2O2/c1-47(2)48-28-30-49(31-29-48)53-40-69-73-72(41-53)81-71-39-34-56(79-66-37-32-54(76(3,4)5)42-62(66)63-43-55(77(6,7)8)33-38-67(63)79)44-65(71)78(73)64-45-60(51-22-14-10-15-23-51)61(52-24-16-11-17-25-52)46-68(64)80(69)74-57(50-20-12-9-13-21-50)35-36-59-58-26-18-19-27-70(58)82-75(59)74/h9-33,35-38,40-45,47,61H,34,39,46H2,1-8H3/i9D,10D,11D,12D,13D,14D,15D,16D,17D,20D,21D,22D,23D,24D,25D,32D,33D,37D,38D,42D,43D. The van der Waals surface area contributed by atoms with Crippen molar-refractivity contribution in [3.05, 3.63) is 262 Å². The van der Waals surface area contributed by atoms with Crippen molar-refractivity contribution in [2.24, 2.45) is 0 Å². The molecule has 0 bridgehead atoms. The molecule has 15 rings (SSSR count). The summed E-state index contributed by atoms with van der Waals surface area (Å²) in [7, 11) is 0. The van der Waals surface area contributed by atoms with E-state index in [9.17, 15) is 21.9 Å². The average Bonchev–Trinajstić information content (AvgIpc) is 1.61. The molecule has 0 N–H and O–H groups in total. The Morgan fingerprint density at radius 2 is 1.24 bits per heavy atom. The number of benzene rings is 9. The van der Waals surface area contributed by atoms with Crippen LogP contribution in [0.3, 0.4) is 0 Å². The van der Waals surface area contributed by atoms with Gasteiger partial charge < -0.3 is 18.6 Å². The van der Waals surface area contributed by atoms with Crippen molar-refractivity contribution in [1.29, 1.82) is 0 Å². The highest BCUT2D eigenvalue weighted by molar-refractivity contribution is 6.90. The maximum atomic E-state index is 10.1. The topological polar surface area (TPSA) is 30.5 Å². The van der Waals surface area contributed by atoms with E-state index in [0.717, 1.165) is 11.1 Å². The van der Waals surface area contributed by atoms with Crippen LogP contribution in [0.2, 0.25) is 0 Å². The molecule has 4 nitrogen and oxygen atoms in total. The molecule has 1 unspecified atom stereocenters. The molecule has 400 valence electrons. The fourth-order valence-electron chi connectivity index (χ4n) is 12.5. The van der Waals surface area contributed by atoms with Crippen LogP contribution < -0.4 is 15.1 Å². The average molecular weight is 1080 g/mol. The van der Waals surface area contributed by atoms with Crippen LogP contribution in [0.4, 0.5) is 11.4 Å². The van der Waals surface area contributed by atoms with Gasteiger partial charge in [0.05, 0.1) is 51.3 Å². The molecule has 2 aliphatic carbocycles. The van der Waals surface area contributed by atoms with Crippen LogP contribution >= 0.6 is 0 Å². The van der Waals surface area contributed by atoms with E-state index in [4.69, 9.17) is 16.0 Å². The number of fused-ring (bicyclic) bond motifs is 8. The van der Waals surface area contributed by atoms with E-state index in [1.54, 1.807) is 34.9 Å². The lowest BCUT2D eigenvalue weighted by Crippen LogP contribution is -2.49. The Labute approximate surface area is 512 Å². The normalized spacial score (nSPS) is 19.8. The van der Waals surface area contributed by atoms with Crippen LogP contribution in [-0.4, -0.2) is 11.3 Å². The van der Waals surface area contributed by atoms with Crippen LogP contribution in [0.25, 0.3) is 77.3 Å². The highest BCUT2D eigenvalue weighted by Crippen LogP contribution is 2.56. The molecule has 0 radical (unpaired) electrons. The fourth-order valence-corrected chi connectivity index (χ4v) is 12.5. The highest BCUT2D eigenvalue weighted by atomic mass is 16.5. The first kappa shape index (κ1) is 32.6. The summed E-state index contributed by atoms with van der Waals surface area (Å²) in [5.41, 5.74) is 3.69. The summed E-state index contributed by atoms with van der Waals surface area (Å²) in [5.74, 6) is -0.562. The Balaban J connectivity index is 1.14. The maximum absolute atomic E-state index is 10.1. The van der Waals surface area contributed by atoms with Gasteiger partial charge in [0.25, 0.3) is 6.71 Å². The second kappa shape index (κ2) is 18.9. The first-order chi connectivity index (χ1) is 48.5. The van der Waals surface area contributed by atoms with Gasteiger partial charge in [-0.05, 0) is 151 Å². The second-order valence-electron chi connectivity index (χ2n) is 24.1. The molecule has 4 heterocycles. The third kappa shape index (κ3) is 8.10. The van der Waals surface area contributed by atoms with Gasteiger partial charge in [-0.2, -0.15) is 0 Å². The number of hydrogen-bond donors (Lipinski definition) is 0. The molecule has 0 spiro atoms. The van der Waals surface area contributed by atoms with E-state index < -0.39 is 121 Å². The smallest absolute Gasteiger partial charge is 0.255 e. The zero-order chi connectivity index (χ0) is 74.0. The Morgan fingerprint density at radius 3 is 1.90 bits per heavy atom. The van der Waals surface area contributed by atoms with Crippen LogP contribution in [0.15, 0.2) is 239 Å². The summed E-state index contributed by atoms with van der Waals surface area (Å²) in [6.45, 7) is 14.2. The Kier molecular flexibility index (Phi) is 7.51. The van der Waals surface area contributed by atoms with Crippen LogP contribution in [0.5, 0.6) is 5.75 Å². The number of hydrogen-bond acceptors (Lipinski definition) is 3. The number of anilines is 2. The number of rotatable bonds is 7. The van der Waals surface area contributed by atoms with Gasteiger partial charge in [0.2, 0.25) is 0 Å². The van der Waals surface area contributed by atoms with E-state index >= 15 is 0 Å². The first-order valence-corrected chi connectivity index (χ1v) is 27.9. The third-order valence-corrected chi connectivity index (χ3v) is 16.6. The lowest BCUT2D eigenvalue weighted by molar-refractivity contribution is 0.400. The van der Waals surface area contributed by atoms with Gasteiger partial charge in [-0.3, -0.25) is 0 Å². The molecular weight excluding hydrogens is 996 g/mol. The summed E-state index contributed by atoms with van der Waals surface area (Å²) < 4.78 is 216. The number of ether oxygens (including phenoxy) is 1. The minimum atomic E-state index is -1.47. The van der Waals surface area contributed by atoms with Gasteiger partial charge in [0.1, 0.15) is 11.3 Å². The van der Waals surface area contributed by atoms with E-state index in [0.29, 0.717) is 66.9 Å². The lowest BCUT2D eigenvalue weighted by Gasteiger charge is -2.45. The Morgan fingerprint density at radius 1 is 0.598 bits per heavy atom. The van der Waals surface area contributed by atoms with Crippen molar-refractivity contribution in [2.75, 3.05) is 4.90 Å². The number of allylic oxidation sites excluding steroid dienone is 8. The van der Waals surface area contributed by atoms with E-state index in [-0.39, 0.29) is 127 Å². The second-order valence-corrected chi connectivity index (χ2v) is 24.1. The van der Waals surface area contributed by atoms with Crippen molar-refractivity contribution in [2.45, 2.75) is 97.3 Å². The molecular formula is C77H67BN2O2. The highest BCUT2D eigenvalue weighted by Gasteiger charge is 2.48. The van der Waals surface area contributed by atoms with E-state index in [2.05, 4.69) is 13.8 Å². The monoisotopic (exact) mass is 1080 g/mol. The molecule has 11 aromatic rings.